The average Bonchev–Trinajstić information content (AvgIpc) is 3.27. The first-order chi connectivity index (χ1) is 16.9. The Morgan fingerprint density at radius 3 is 2.36 bits per heavy atom. The Hall–Kier alpha value is -4.15. The molecule has 0 atom stereocenters. The van der Waals surface area contributed by atoms with Crippen LogP contribution in [0.1, 0.15) is 29.8 Å². The van der Waals surface area contributed by atoms with Gasteiger partial charge >= 0.3 is 12.1 Å². The topological polar surface area (TPSA) is 72.5 Å². The minimum Gasteiger partial charge on any atom is -0.478 e. The number of hydrogen-bond acceptors (Lipinski definition) is 4. The zero-order chi connectivity index (χ0) is 26.0. The molecule has 3 aromatic carbocycles. The molecular weight excluding hydrogens is 483 g/mol. The van der Waals surface area contributed by atoms with Crippen LogP contribution in [0.3, 0.4) is 0 Å². The highest BCUT2D eigenvalue weighted by Crippen LogP contribution is 2.50. The molecule has 0 radical (unpaired) electrons. The molecular formula is C25H19F5N4O2. The van der Waals surface area contributed by atoms with E-state index in [-0.39, 0.29) is 34.7 Å². The molecule has 2 N–H and O–H groups in total. The van der Waals surface area contributed by atoms with Gasteiger partial charge in [-0.1, -0.05) is 0 Å². The van der Waals surface area contributed by atoms with Crippen LogP contribution in [0, 0.1) is 11.6 Å². The van der Waals surface area contributed by atoms with Crippen LogP contribution in [-0.4, -0.2) is 33.4 Å². The summed E-state index contributed by atoms with van der Waals surface area (Å²) in [7, 11) is 0. The molecule has 186 valence electrons. The molecule has 5 rings (SSSR count). The Bertz CT molecular complexity index is 1500. The molecule has 1 aromatic heterocycles. The van der Waals surface area contributed by atoms with E-state index in [0.29, 0.717) is 11.1 Å². The van der Waals surface area contributed by atoms with Crippen LogP contribution < -0.4 is 9.80 Å². The molecule has 0 spiro atoms. The summed E-state index contributed by atoms with van der Waals surface area (Å²) in [5.41, 5.74) is -1.34. The lowest BCUT2D eigenvalue weighted by Crippen LogP contribution is -2.53. The molecule has 0 amide bonds. The first-order valence-corrected chi connectivity index (χ1v) is 10.8. The SMILES string of the molecule is CC1(C)CN(c2ccc(C(=O)O)cc2)c2c(cc3cn[nH]c3c2F)N1c1ccc(F)c(C(F)(F)F)c1. The number of aromatic nitrogens is 2. The van der Waals surface area contributed by atoms with E-state index in [2.05, 4.69) is 10.2 Å². The molecule has 1 aliphatic heterocycles. The summed E-state index contributed by atoms with van der Waals surface area (Å²) in [5.74, 6) is -3.20. The second kappa shape index (κ2) is 7.94. The fourth-order valence-electron chi connectivity index (χ4n) is 4.68. The van der Waals surface area contributed by atoms with Gasteiger partial charge in [-0.3, -0.25) is 5.10 Å². The van der Waals surface area contributed by atoms with Gasteiger partial charge in [0.15, 0.2) is 5.82 Å². The summed E-state index contributed by atoms with van der Waals surface area (Å²) in [5, 5.41) is 16.1. The van der Waals surface area contributed by atoms with Crippen molar-refractivity contribution in [2.45, 2.75) is 25.6 Å². The van der Waals surface area contributed by atoms with Gasteiger partial charge in [0.1, 0.15) is 17.0 Å². The second-order valence-electron chi connectivity index (χ2n) is 9.14. The lowest BCUT2D eigenvalue weighted by Gasteiger charge is -2.50. The van der Waals surface area contributed by atoms with Gasteiger partial charge in [-0.2, -0.15) is 18.3 Å². The van der Waals surface area contributed by atoms with Crippen LogP contribution in [0.15, 0.2) is 54.7 Å². The molecule has 36 heavy (non-hydrogen) atoms. The number of aromatic carboxylic acids is 1. The van der Waals surface area contributed by atoms with Crippen LogP contribution in [0.2, 0.25) is 0 Å². The van der Waals surface area contributed by atoms with E-state index < -0.39 is 34.9 Å². The standard InChI is InChI=1S/C25H19F5N4O2/c1-24(2)12-33(15-5-3-13(4-6-15)23(35)36)22-19(9-14-11-31-32-21(14)20(22)27)34(24)16-7-8-18(26)17(10-16)25(28,29)30/h3-11H,12H2,1-2H3,(H,31,32)(H,35,36). The molecule has 0 unspecified atom stereocenters. The number of aromatic amines is 1. The highest BCUT2D eigenvalue weighted by Gasteiger charge is 2.42. The van der Waals surface area contributed by atoms with Crippen molar-refractivity contribution in [2.24, 2.45) is 0 Å². The molecule has 0 saturated heterocycles. The summed E-state index contributed by atoms with van der Waals surface area (Å²) >= 11 is 0. The molecule has 0 bridgehead atoms. The third-order valence-corrected chi connectivity index (χ3v) is 6.23. The number of halogens is 5. The van der Waals surface area contributed by atoms with E-state index in [4.69, 9.17) is 0 Å². The number of anilines is 4. The van der Waals surface area contributed by atoms with Crippen LogP contribution in [-0.2, 0) is 6.18 Å². The number of benzene rings is 3. The zero-order valence-electron chi connectivity index (χ0n) is 19.0. The van der Waals surface area contributed by atoms with Crippen LogP contribution >= 0.6 is 0 Å². The normalized spacial score (nSPS) is 15.3. The zero-order valence-corrected chi connectivity index (χ0v) is 19.0. The smallest absolute Gasteiger partial charge is 0.419 e. The number of H-pyrrole nitrogens is 1. The van der Waals surface area contributed by atoms with Crippen molar-refractivity contribution >= 4 is 39.6 Å². The number of fused-ring (bicyclic) bond motifs is 2. The Labute approximate surface area is 201 Å². The van der Waals surface area contributed by atoms with Gasteiger partial charge in [0.2, 0.25) is 0 Å². The Morgan fingerprint density at radius 1 is 1.06 bits per heavy atom. The third-order valence-electron chi connectivity index (χ3n) is 6.23. The van der Waals surface area contributed by atoms with E-state index in [1.807, 2.05) is 0 Å². The second-order valence-corrected chi connectivity index (χ2v) is 9.14. The number of nitrogens with zero attached hydrogens (tertiary/aromatic N) is 3. The first-order valence-electron chi connectivity index (χ1n) is 10.8. The maximum Gasteiger partial charge on any atom is 0.419 e. The van der Waals surface area contributed by atoms with E-state index in [9.17, 15) is 27.5 Å². The third kappa shape index (κ3) is 3.71. The van der Waals surface area contributed by atoms with Crippen molar-refractivity contribution in [3.63, 3.8) is 0 Å². The summed E-state index contributed by atoms with van der Waals surface area (Å²) < 4.78 is 70.5. The average molecular weight is 502 g/mol. The maximum absolute atomic E-state index is 15.9. The van der Waals surface area contributed by atoms with Gasteiger partial charge in [-0.25, -0.2) is 13.6 Å². The largest absolute Gasteiger partial charge is 0.478 e. The fourth-order valence-corrected chi connectivity index (χ4v) is 4.68. The highest BCUT2D eigenvalue weighted by molar-refractivity contribution is 5.96. The number of nitrogens with one attached hydrogen (secondary N) is 1. The number of carboxylic acids is 1. The predicted octanol–water partition coefficient (Wildman–Crippen LogP) is 6.63. The van der Waals surface area contributed by atoms with E-state index in [0.717, 1.165) is 12.1 Å². The van der Waals surface area contributed by atoms with Gasteiger partial charge in [0, 0.05) is 23.3 Å². The van der Waals surface area contributed by atoms with Gasteiger partial charge in [0.25, 0.3) is 0 Å². The summed E-state index contributed by atoms with van der Waals surface area (Å²) in [6.07, 6.45) is -3.52. The maximum atomic E-state index is 15.9. The minimum atomic E-state index is -4.92. The van der Waals surface area contributed by atoms with Gasteiger partial charge in [0.05, 0.1) is 28.6 Å². The highest BCUT2D eigenvalue weighted by atomic mass is 19.4. The quantitative estimate of drug-likeness (QED) is 0.308. The van der Waals surface area contributed by atoms with Crippen molar-refractivity contribution in [1.29, 1.82) is 0 Å². The molecule has 0 aliphatic carbocycles. The Balaban J connectivity index is 1.76. The minimum absolute atomic E-state index is 0.0399. The van der Waals surface area contributed by atoms with Crippen LogP contribution in [0.25, 0.3) is 10.9 Å². The molecule has 0 fully saturated rings. The summed E-state index contributed by atoms with van der Waals surface area (Å²) in [6, 6.07) is 10.1. The van der Waals surface area contributed by atoms with E-state index >= 15 is 4.39 Å². The number of hydrogen-bond donors (Lipinski definition) is 2. The molecule has 2 heterocycles. The Morgan fingerprint density at radius 2 is 1.72 bits per heavy atom. The lowest BCUT2D eigenvalue weighted by molar-refractivity contribution is -0.139. The molecule has 4 aromatic rings. The molecule has 6 nitrogen and oxygen atoms in total. The van der Waals surface area contributed by atoms with Gasteiger partial charge in [-0.15, -0.1) is 0 Å². The molecule has 11 heteroatoms. The van der Waals surface area contributed by atoms with Crippen LogP contribution in [0.5, 0.6) is 0 Å². The number of carboxylic acid groups (broad SMARTS) is 1. The van der Waals surface area contributed by atoms with E-state index in [1.165, 1.54) is 36.5 Å². The fraction of sp³-hybridized carbons (Fsp3) is 0.200. The van der Waals surface area contributed by atoms with E-state index in [1.54, 1.807) is 29.7 Å². The number of rotatable bonds is 3. The summed E-state index contributed by atoms with van der Waals surface area (Å²) in [4.78, 5) is 14.5. The monoisotopic (exact) mass is 502 g/mol. The van der Waals surface area contributed by atoms with Crippen molar-refractivity contribution < 1.29 is 31.9 Å². The molecule has 1 aliphatic rings. The Kier molecular flexibility index (Phi) is 5.20. The number of alkyl halides is 3. The van der Waals surface area contributed by atoms with Crippen molar-refractivity contribution in [2.75, 3.05) is 16.3 Å². The molecule has 0 saturated carbocycles. The van der Waals surface area contributed by atoms with Crippen LogP contribution in [0.4, 0.5) is 44.7 Å². The first kappa shape index (κ1) is 23.6. The summed E-state index contributed by atoms with van der Waals surface area (Å²) in [6.45, 7) is 3.65. The van der Waals surface area contributed by atoms with Crippen molar-refractivity contribution in [1.82, 2.24) is 10.2 Å². The lowest BCUT2D eigenvalue weighted by atomic mass is 9.93. The number of carbonyl (C=O) groups is 1. The van der Waals surface area contributed by atoms with Gasteiger partial charge in [-0.05, 0) is 62.4 Å². The van der Waals surface area contributed by atoms with Crippen molar-refractivity contribution in [3.05, 3.63) is 77.5 Å². The predicted molar refractivity (Wildman–Crippen MR) is 124 cm³/mol. The van der Waals surface area contributed by atoms with Gasteiger partial charge < -0.3 is 14.9 Å². The van der Waals surface area contributed by atoms with Crippen molar-refractivity contribution in [3.8, 4) is 0 Å².